The van der Waals surface area contributed by atoms with Crippen LogP contribution in [0.5, 0.6) is 0 Å². The zero-order valence-electron chi connectivity index (χ0n) is 25.7. The molecule has 2 nitrogen and oxygen atoms in total. The second-order valence-corrected chi connectivity index (χ2v) is 12.0. The van der Waals surface area contributed by atoms with Crippen LogP contribution in [0.25, 0.3) is 83.0 Å². The Bertz CT molecular complexity index is 2530. The minimum Gasteiger partial charge on any atom is -0.292 e. The Balaban J connectivity index is 1.23. The van der Waals surface area contributed by atoms with Crippen molar-refractivity contribution >= 4 is 32.6 Å². The van der Waals surface area contributed by atoms with Crippen molar-refractivity contribution in [3.63, 3.8) is 0 Å². The molecule has 0 aliphatic rings. The molecule has 0 radical (unpaired) electrons. The SMILES string of the molecule is c1ccc(-c2c3ccccc3c(-c3ccccc3)c3cc(-c4ccc(-c5nc6ccccc6n5-c5ccccc5)cc4)ccc23)cc1. The molecule has 8 aromatic carbocycles. The van der Waals surface area contributed by atoms with Crippen LogP contribution in [0.15, 0.2) is 182 Å². The van der Waals surface area contributed by atoms with E-state index in [0.717, 1.165) is 28.1 Å². The lowest BCUT2D eigenvalue weighted by atomic mass is 9.85. The number of aromatic nitrogens is 2. The van der Waals surface area contributed by atoms with Crippen molar-refractivity contribution in [1.82, 2.24) is 9.55 Å². The van der Waals surface area contributed by atoms with E-state index in [9.17, 15) is 0 Å². The summed E-state index contributed by atoms with van der Waals surface area (Å²) in [5.41, 5.74) is 11.6. The van der Waals surface area contributed by atoms with Gasteiger partial charge in [0.05, 0.1) is 11.0 Å². The van der Waals surface area contributed by atoms with Crippen molar-refractivity contribution in [2.75, 3.05) is 0 Å². The van der Waals surface area contributed by atoms with E-state index in [4.69, 9.17) is 4.98 Å². The highest BCUT2D eigenvalue weighted by molar-refractivity contribution is 6.21. The summed E-state index contributed by atoms with van der Waals surface area (Å²) >= 11 is 0. The van der Waals surface area contributed by atoms with E-state index < -0.39 is 0 Å². The van der Waals surface area contributed by atoms with Crippen molar-refractivity contribution in [3.8, 4) is 50.5 Å². The third-order valence-corrected chi connectivity index (χ3v) is 9.20. The molecule has 1 heterocycles. The van der Waals surface area contributed by atoms with E-state index in [1.807, 2.05) is 6.07 Å². The molecule has 0 N–H and O–H groups in total. The summed E-state index contributed by atoms with van der Waals surface area (Å²) in [6, 6.07) is 65.1. The smallest absolute Gasteiger partial charge is 0.145 e. The maximum atomic E-state index is 5.08. The molecule has 47 heavy (non-hydrogen) atoms. The van der Waals surface area contributed by atoms with Gasteiger partial charge < -0.3 is 0 Å². The normalized spacial score (nSPS) is 11.4. The second kappa shape index (κ2) is 11.3. The first kappa shape index (κ1) is 27.1. The van der Waals surface area contributed by atoms with Gasteiger partial charge in [-0.05, 0) is 85.3 Å². The topological polar surface area (TPSA) is 17.8 Å². The third kappa shape index (κ3) is 4.62. The Morgan fingerprint density at radius 2 is 0.830 bits per heavy atom. The molecule has 0 atom stereocenters. The van der Waals surface area contributed by atoms with Crippen molar-refractivity contribution in [2.24, 2.45) is 0 Å². The quantitative estimate of drug-likeness (QED) is 0.180. The Labute approximate surface area is 273 Å². The summed E-state index contributed by atoms with van der Waals surface area (Å²) in [6.07, 6.45) is 0. The molecule has 0 unspecified atom stereocenters. The van der Waals surface area contributed by atoms with E-state index in [2.05, 4.69) is 180 Å². The highest BCUT2D eigenvalue weighted by Gasteiger charge is 2.18. The molecule has 2 heteroatoms. The van der Waals surface area contributed by atoms with E-state index in [0.29, 0.717) is 0 Å². The summed E-state index contributed by atoms with van der Waals surface area (Å²) in [7, 11) is 0. The van der Waals surface area contributed by atoms with Gasteiger partial charge in [0.25, 0.3) is 0 Å². The summed E-state index contributed by atoms with van der Waals surface area (Å²) in [6.45, 7) is 0. The van der Waals surface area contributed by atoms with Crippen LogP contribution in [-0.4, -0.2) is 9.55 Å². The highest BCUT2D eigenvalue weighted by Crippen LogP contribution is 2.44. The molecular formula is C45H30N2. The predicted octanol–water partition coefficient (Wildman–Crippen LogP) is 12.0. The van der Waals surface area contributed by atoms with Gasteiger partial charge in [0.2, 0.25) is 0 Å². The minimum atomic E-state index is 0.938. The molecule has 0 amide bonds. The number of hydrogen-bond donors (Lipinski definition) is 0. The predicted molar refractivity (Wildman–Crippen MR) is 198 cm³/mol. The number of hydrogen-bond acceptors (Lipinski definition) is 1. The molecule has 9 aromatic rings. The lowest BCUT2D eigenvalue weighted by molar-refractivity contribution is 1.10. The van der Waals surface area contributed by atoms with Crippen LogP contribution >= 0.6 is 0 Å². The molecule has 1 aromatic heterocycles. The van der Waals surface area contributed by atoms with Gasteiger partial charge in [-0.15, -0.1) is 0 Å². The fraction of sp³-hybridized carbons (Fsp3) is 0. The van der Waals surface area contributed by atoms with Gasteiger partial charge in [0.15, 0.2) is 0 Å². The number of para-hydroxylation sites is 3. The van der Waals surface area contributed by atoms with Crippen molar-refractivity contribution in [1.29, 1.82) is 0 Å². The summed E-state index contributed by atoms with van der Waals surface area (Å²) < 4.78 is 2.25. The Morgan fingerprint density at radius 3 is 1.49 bits per heavy atom. The number of imidazole rings is 1. The molecule has 220 valence electrons. The first-order chi connectivity index (χ1) is 23.3. The first-order valence-electron chi connectivity index (χ1n) is 16.1. The summed E-state index contributed by atoms with van der Waals surface area (Å²) in [4.78, 5) is 5.08. The molecule has 0 bridgehead atoms. The number of rotatable bonds is 5. The fourth-order valence-corrected chi connectivity index (χ4v) is 7.06. The standard InChI is InChI=1S/C45H30N2/c1-4-14-32(15-5-1)43-37-20-10-11-21-38(37)44(33-16-6-2-7-17-33)40-30-35(28-29-39(40)43)31-24-26-34(27-25-31)45-46-41-22-12-13-23-42(41)47(45)36-18-8-3-9-19-36/h1-30H. The largest absolute Gasteiger partial charge is 0.292 e. The fourth-order valence-electron chi connectivity index (χ4n) is 7.06. The van der Waals surface area contributed by atoms with Gasteiger partial charge in [-0.2, -0.15) is 0 Å². The number of fused-ring (bicyclic) bond motifs is 3. The molecule has 0 saturated heterocycles. The van der Waals surface area contributed by atoms with Crippen LogP contribution in [0.3, 0.4) is 0 Å². The zero-order chi connectivity index (χ0) is 31.2. The molecule has 0 spiro atoms. The van der Waals surface area contributed by atoms with Gasteiger partial charge in [0.1, 0.15) is 5.82 Å². The number of benzene rings is 8. The van der Waals surface area contributed by atoms with E-state index >= 15 is 0 Å². The molecule has 0 saturated carbocycles. The van der Waals surface area contributed by atoms with Crippen LogP contribution in [0.2, 0.25) is 0 Å². The van der Waals surface area contributed by atoms with Gasteiger partial charge >= 0.3 is 0 Å². The van der Waals surface area contributed by atoms with Crippen molar-refractivity contribution in [2.45, 2.75) is 0 Å². The molecular weight excluding hydrogens is 569 g/mol. The van der Waals surface area contributed by atoms with Crippen molar-refractivity contribution in [3.05, 3.63) is 182 Å². The maximum Gasteiger partial charge on any atom is 0.145 e. The zero-order valence-corrected chi connectivity index (χ0v) is 25.7. The van der Waals surface area contributed by atoms with Crippen LogP contribution in [0.1, 0.15) is 0 Å². The van der Waals surface area contributed by atoms with Crippen LogP contribution in [0, 0.1) is 0 Å². The molecule has 0 aliphatic carbocycles. The summed E-state index contributed by atoms with van der Waals surface area (Å²) in [5.74, 6) is 0.938. The monoisotopic (exact) mass is 598 g/mol. The van der Waals surface area contributed by atoms with Crippen LogP contribution in [-0.2, 0) is 0 Å². The maximum absolute atomic E-state index is 5.08. The van der Waals surface area contributed by atoms with Crippen LogP contribution in [0.4, 0.5) is 0 Å². The van der Waals surface area contributed by atoms with Crippen LogP contribution < -0.4 is 0 Å². The highest BCUT2D eigenvalue weighted by atomic mass is 15.1. The lowest BCUT2D eigenvalue weighted by Crippen LogP contribution is -1.97. The van der Waals surface area contributed by atoms with E-state index in [-0.39, 0.29) is 0 Å². The van der Waals surface area contributed by atoms with Gasteiger partial charge in [-0.3, -0.25) is 4.57 Å². The Kier molecular flexibility index (Phi) is 6.50. The van der Waals surface area contributed by atoms with E-state index in [1.165, 1.54) is 54.9 Å². The second-order valence-electron chi connectivity index (χ2n) is 12.0. The van der Waals surface area contributed by atoms with Gasteiger partial charge in [-0.25, -0.2) is 4.98 Å². The van der Waals surface area contributed by atoms with Crippen molar-refractivity contribution < 1.29 is 0 Å². The van der Waals surface area contributed by atoms with Gasteiger partial charge in [0, 0.05) is 11.3 Å². The minimum absolute atomic E-state index is 0.938. The molecule has 0 fully saturated rings. The summed E-state index contributed by atoms with van der Waals surface area (Å²) in [5, 5.41) is 5.03. The van der Waals surface area contributed by atoms with E-state index in [1.54, 1.807) is 0 Å². The lowest BCUT2D eigenvalue weighted by Gasteiger charge is -2.18. The Hall–Kier alpha value is -6.25. The van der Waals surface area contributed by atoms with Gasteiger partial charge in [-0.1, -0.05) is 152 Å². The third-order valence-electron chi connectivity index (χ3n) is 9.20. The molecule has 0 aliphatic heterocycles. The average molecular weight is 599 g/mol. The average Bonchev–Trinajstić information content (AvgIpc) is 3.54. The number of nitrogens with zero attached hydrogens (tertiary/aromatic N) is 2. The Morgan fingerprint density at radius 1 is 0.340 bits per heavy atom. The molecule has 9 rings (SSSR count). The first-order valence-corrected chi connectivity index (χ1v) is 16.1.